The summed E-state index contributed by atoms with van der Waals surface area (Å²) in [6.45, 7) is 14.7. The van der Waals surface area contributed by atoms with E-state index in [0.717, 1.165) is 0 Å². The fourth-order valence-electron chi connectivity index (χ4n) is 8.40. The summed E-state index contributed by atoms with van der Waals surface area (Å²) in [6.07, 6.45) is 5.59. The number of carbonyl (C=O) groups excluding carboxylic acids is 4. The molecule has 14 nitrogen and oxygen atoms in total. The molecule has 4 N–H and O–H groups in total. The number of methoxy groups -OCH3 is 1. The summed E-state index contributed by atoms with van der Waals surface area (Å²) in [7, 11) is 1.45. The van der Waals surface area contributed by atoms with Gasteiger partial charge >= 0.3 is 11.8 Å². The summed E-state index contributed by atoms with van der Waals surface area (Å²) in [5.41, 5.74) is 0.171. The minimum atomic E-state index is -1.98. The Balaban J connectivity index is 1.70. The highest BCUT2D eigenvalue weighted by Crippen LogP contribution is 2.51. The molecule has 6 rings (SSSR count). The molecule has 0 saturated carbocycles. The number of hydrogen-bond donors (Lipinski definition) is 4. The van der Waals surface area contributed by atoms with Gasteiger partial charge in [-0.1, -0.05) is 45.9 Å². The van der Waals surface area contributed by atoms with E-state index in [1.54, 1.807) is 46.8 Å². The Morgan fingerprint density at radius 2 is 1.70 bits per heavy atom. The highest BCUT2D eigenvalue weighted by Gasteiger charge is 2.52. The van der Waals surface area contributed by atoms with Crippen LogP contribution >= 0.6 is 0 Å². The number of nitrogens with zero attached hydrogens (tertiary/aromatic N) is 2. The van der Waals surface area contributed by atoms with E-state index in [0.29, 0.717) is 25.1 Å². The summed E-state index contributed by atoms with van der Waals surface area (Å²) in [6, 6.07) is -0.414. The van der Waals surface area contributed by atoms with Crippen LogP contribution in [0, 0.1) is 30.6 Å². The zero-order chi connectivity index (χ0) is 42.3. The van der Waals surface area contributed by atoms with Crippen molar-refractivity contribution in [2.75, 3.05) is 13.7 Å². The molecule has 1 aliphatic carbocycles. The summed E-state index contributed by atoms with van der Waals surface area (Å²) in [5, 5.41) is 45.3. The molecule has 1 fully saturated rings. The Bertz CT molecular complexity index is 1940. The van der Waals surface area contributed by atoms with E-state index in [2.05, 4.69) is 4.99 Å². The number of Topliss-reactive ketones (excluding diaryl/α,β-unsaturated/α-hetero) is 2. The van der Waals surface area contributed by atoms with Crippen LogP contribution in [0.25, 0.3) is 5.70 Å². The SMILES string of the molecule is CO[C@H]1C=CO[C@]2(C)Oc3c(C)c(O)c4c(c3C2=O)C(N2CCC[C@@H]2[C@H](C)O)=CC(=NC(=O)C(C)=CC=C[C@H](C)[C@@H](O)[C@H](C)[C@@H](O)[C@H](C)[C@@H](OC(C)=O)[C@H]1C)C4=O. The Morgan fingerprint density at radius 1 is 1.02 bits per heavy atom. The van der Waals surface area contributed by atoms with Crippen LogP contribution in [0.3, 0.4) is 0 Å². The number of carbonyl (C=O) groups is 4. The predicted octanol–water partition coefficient (Wildman–Crippen LogP) is 4.60. The van der Waals surface area contributed by atoms with Crippen LogP contribution in [0.15, 0.2) is 47.2 Å². The van der Waals surface area contributed by atoms with Crippen molar-refractivity contribution in [3.05, 3.63) is 64.5 Å². The molecule has 1 amide bonds. The van der Waals surface area contributed by atoms with E-state index in [1.807, 2.05) is 4.90 Å². The van der Waals surface area contributed by atoms with Gasteiger partial charge in [-0.05, 0) is 45.8 Å². The molecule has 57 heavy (non-hydrogen) atoms. The van der Waals surface area contributed by atoms with Crippen LogP contribution < -0.4 is 4.74 Å². The average molecular weight is 793 g/mol. The number of amides is 1. The van der Waals surface area contributed by atoms with Crippen molar-refractivity contribution in [2.45, 2.75) is 118 Å². The molecule has 5 aliphatic rings. The van der Waals surface area contributed by atoms with Crippen molar-refractivity contribution in [1.82, 2.24) is 4.90 Å². The number of allylic oxidation sites excluding steroid dienone is 3. The molecule has 14 heteroatoms. The standard InChI is InChI=1S/C43H56N2O12/c1-20-13-11-14-21(2)42(53)44-28-19-30(45-17-12-15-29(45)26(7)46)32-33(38(28)51)37(50)25(6)40-34(32)41(52)43(9,57-40)55-18-16-31(54-10)22(3)39(56-27(8)47)24(5)36(49)23(4)35(20)48/h11,13-14,16,18-20,22-24,26,29,31,35-36,39,46,48-50H,12,15,17H2,1-10H3/t20-,22-,23-,24-,26-,29+,31-,35+,36+,39-,43+/m0/s1. The van der Waals surface area contributed by atoms with Gasteiger partial charge in [0.25, 0.3) is 11.7 Å². The highest BCUT2D eigenvalue weighted by atomic mass is 16.7. The Morgan fingerprint density at radius 3 is 2.33 bits per heavy atom. The summed E-state index contributed by atoms with van der Waals surface area (Å²) >= 11 is 0. The van der Waals surface area contributed by atoms with Crippen molar-refractivity contribution >= 4 is 34.9 Å². The van der Waals surface area contributed by atoms with Gasteiger partial charge in [0.15, 0.2) is 0 Å². The number of aromatic hydroxyl groups is 1. The molecule has 1 aromatic carbocycles. The summed E-state index contributed by atoms with van der Waals surface area (Å²) < 4.78 is 23.8. The number of hydrogen-bond acceptors (Lipinski definition) is 13. The van der Waals surface area contributed by atoms with Gasteiger partial charge in [0, 0.05) is 73.6 Å². The molecule has 4 heterocycles. The first-order chi connectivity index (χ1) is 26.7. The smallest absolute Gasteiger partial charge is 0.312 e. The monoisotopic (exact) mass is 792 g/mol. The number of fused-ring (bicyclic) bond motifs is 13. The Labute approximate surface area is 333 Å². The number of aliphatic hydroxyl groups is 3. The van der Waals surface area contributed by atoms with Crippen LogP contribution in [0.2, 0.25) is 0 Å². The normalized spacial score (nSPS) is 33.0. The van der Waals surface area contributed by atoms with Gasteiger partial charge in [-0.3, -0.25) is 19.2 Å². The molecular formula is C43H56N2O12. The van der Waals surface area contributed by atoms with E-state index >= 15 is 0 Å². The third-order valence-corrected chi connectivity index (χ3v) is 11.9. The molecule has 5 bridgehead atoms. The van der Waals surface area contributed by atoms with Gasteiger partial charge in [-0.25, -0.2) is 4.99 Å². The molecular weight excluding hydrogens is 736 g/mol. The van der Waals surface area contributed by atoms with Gasteiger partial charge in [0.05, 0.1) is 47.8 Å². The third kappa shape index (κ3) is 8.23. The van der Waals surface area contributed by atoms with Gasteiger partial charge in [0.1, 0.15) is 23.3 Å². The maximum absolute atomic E-state index is 14.6. The number of benzene rings is 1. The molecule has 1 aromatic rings. The minimum Gasteiger partial charge on any atom is -0.507 e. The van der Waals surface area contributed by atoms with Crippen LogP contribution in [0.1, 0.15) is 100 Å². The van der Waals surface area contributed by atoms with E-state index in [1.165, 1.54) is 59.3 Å². The molecule has 1 saturated heterocycles. The van der Waals surface area contributed by atoms with Crippen molar-refractivity contribution in [3.8, 4) is 11.5 Å². The zero-order valence-electron chi connectivity index (χ0n) is 34.3. The molecule has 0 unspecified atom stereocenters. The largest absolute Gasteiger partial charge is 0.507 e. The van der Waals surface area contributed by atoms with Crippen molar-refractivity contribution in [3.63, 3.8) is 0 Å². The molecule has 0 spiro atoms. The lowest BCUT2D eigenvalue weighted by Crippen LogP contribution is -2.46. The average Bonchev–Trinajstić information content (AvgIpc) is 3.76. The van der Waals surface area contributed by atoms with E-state index in [4.69, 9.17) is 18.9 Å². The van der Waals surface area contributed by atoms with Gasteiger partial charge in [0.2, 0.25) is 5.78 Å². The summed E-state index contributed by atoms with van der Waals surface area (Å²) in [5.74, 6) is -7.61. The van der Waals surface area contributed by atoms with E-state index in [-0.39, 0.29) is 39.3 Å². The minimum absolute atomic E-state index is 0.00567. The lowest BCUT2D eigenvalue weighted by molar-refractivity contribution is -0.160. The number of phenols is 1. The van der Waals surface area contributed by atoms with Gasteiger partial charge in [-0.2, -0.15) is 0 Å². The molecule has 11 atom stereocenters. The Kier molecular flexibility index (Phi) is 13.0. The van der Waals surface area contributed by atoms with Crippen LogP contribution in [0.5, 0.6) is 11.5 Å². The van der Waals surface area contributed by atoms with E-state index < -0.39 is 95.2 Å². The maximum atomic E-state index is 14.6. The van der Waals surface area contributed by atoms with E-state index in [9.17, 15) is 39.6 Å². The fraction of sp³-hybridized carbons (Fsp3) is 0.558. The lowest BCUT2D eigenvalue weighted by atomic mass is 9.78. The number of ether oxygens (including phenoxy) is 4. The molecule has 0 radical (unpaired) electrons. The second kappa shape index (κ2) is 17.1. The highest BCUT2D eigenvalue weighted by molar-refractivity contribution is 6.54. The first-order valence-corrected chi connectivity index (χ1v) is 19.5. The topological polar surface area (TPSA) is 202 Å². The van der Waals surface area contributed by atoms with Crippen LogP contribution in [-0.2, 0) is 23.8 Å². The number of aliphatic hydroxyl groups excluding tert-OH is 3. The van der Waals surface area contributed by atoms with Gasteiger partial charge in [-0.15, -0.1) is 0 Å². The number of phenolic OH excluding ortho intramolecular Hbond substituents is 1. The zero-order valence-corrected chi connectivity index (χ0v) is 34.3. The number of rotatable bonds is 4. The van der Waals surface area contributed by atoms with Crippen LogP contribution in [0.4, 0.5) is 0 Å². The number of likely N-dealkylation sites (tertiary alicyclic amines) is 1. The van der Waals surface area contributed by atoms with Gasteiger partial charge < -0.3 is 44.3 Å². The molecule has 0 aromatic heterocycles. The molecule has 4 aliphatic heterocycles. The second-order valence-corrected chi connectivity index (χ2v) is 16.0. The predicted molar refractivity (Wildman–Crippen MR) is 211 cm³/mol. The Hall–Kier alpha value is -4.63. The number of aliphatic imine (C=N–C) groups is 1. The quantitative estimate of drug-likeness (QED) is 0.309. The maximum Gasteiger partial charge on any atom is 0.312 e. The molecule has 310 valence electrons. The van der Waals surface area contributed by atoms with Crippen LogP contribution in [-0.4, -0.2) is 110 Å². The fourth-order valence-corrected chi connectivity index (χ4v) is 8.40. The second-order valence-electron chi connectivity index (χ2n) is 16.0. The first kappa shape index (κ1) is 43.5. The lowest BCUT2D eigenvalue weighted by Gasteiger charge is -2.38. The first-order valence-electron chi connectivity index (χ1n) is 19.5. The summed E-state index contributed by atoms with van der Waals surface area (Å²) in [4.78, 5) is 60.8. The number of ketones is 2. The van der Waals surface area contributed by atoms with Crippen molar-refractivity contribution in [1.29, 1.82) is 0 Å². The van der Waals surface area contributed by atoms with Crippen molar-refractivity contribution in [2.24, 2.45) is 28.7 Å². The third-order valence-electron chi connectivity index (χ3n) is 11.9. The number of esters is 1. The van der Waals surface area contributed by atoms with Crippen molar-refractivity contribution < 1.29 is 58.6 Å².